The number of methoxy groups -OCH3 is 1. The SMILES string of the molecule is COc1ccc(CCC(=O)N2CC(Oc3cccc(C)n3)C2)cc1. The van der Waals surface area contributed by atoms with Gasteiger partial charge in [-0.25, -0.2) is 4.98 Å². The van der Waals surface area contributed by atoms with Gasteiger partial charge in [0.15, 0.2) is 0 Å². The molecule has 0 aliphatic carbocycles. The fourth-order valence-electron chi connectivity index (χ4n) is 2.67. The number of aryl methyl sites for hydroxylation is 2. The van der Waals surface area contributed by atoms with Gasteiger partial charge in [0.05, 0.1) is 20.2 Å². The molecule has 0 saturated carbocycles. The van der Waals surface area contributed by atoms with Crippen molar-refractivity contribution in [2.45, 2.75) is 25.9 Å². The van der Waals surface area contributed by atoms with Crippen molar-refractivity contribution in [2.24, 2.45) is 0 Å². The summed E-state index contributed by atoms with van der Waals surface area (Å²) in [5, 5.41) is 0. The largest absolute Gasteiger partial charge is 0.497 e. The average Bonchev–Trinajstić information content (AvgIpc) is 2.56. The van der Waals surface area contributed by atoms with Crippen LogP contribution in [0.4, 0.5) is 0 Å². The Balaban J connectivity index is 1.41. The molecule has 24 heavy (non-hydrogen) atoms. The predicted molar refractivity (Wildman–Crippen MR) is 91.3 cm³/mol. The van der Waals surface area contributed by atoms with Gasteiger partial charge < -0.3 is 14.4 Å². The lowest BCUT2D eigenvalue weighted by atomic mass is 10.1. The fraction of sp³-hybridized carbons (Fsp3) is 0.368. The van der Waals surface area contributed by atoms with Crippen LogP contribution in [0.15, 0.2) is 42.5 Å². The first kappa shape index (κ1) is 16.3. The number of amides is 1. The number of benzene rings is 1. The molecule has 0 radical (unpaired) electrons. The van der Waals surface area contributed by atoms with Crippen LogP contribution >= 0.6 is 0 Å². The Bertz CT molecular complexity index is 694. The second-order valence-electron chi connectivity index (χ2n) is 6.00. The fourth-order valence-corrected chi connectivity index (χ4v) is 2.67. The molecule has 126 valence electrons. The van der Waals surface area contributed by atoms with Crippen molar-refractivity contribution in [1.82, 2.24) is 9.88 Å². The van der Waals surface area contributed by atoms with E-state index in [1.165, 1.54) is 0 Å². The number of pyridine rings is 1. The lowest BCUT2D eigenvalue weighted by molar-refractivity contribution is -0.140. The quantitative estimate of drug-likeness (QED) is 0.819. The molecule has 0 bridgehead atoms. The zero-order chi connectivity index (χ0) is 16.9. The van der Waals surface area contributed by atoms with Crippen LogP contribution in [0.3, 0.4) is 0 Å². The highest BCUT2D eigenvalue weighted by Gasteiger charge is 2.32. The molecule has 1 amide bonds. The molecule has 1 aliphatic heterocycles. The molecule has 0 unspecified atom stereocenters. The number of carbonyl (C=O) groups excluding carboxylic acids is 1. The van der Waals surface area contributed by atoms with Crippen LogP contribution < -0.4 is 9.47 Å². The van der Waals surface area contributed by atoms with E-state index in [2.05, 4.69) is 4.98 Å². The Morgan fingerprint density at radius 2 is 1.96 bits per heavy atom. The van der Waals surface area contributed by atoms with E-state index < -0.39 is 0 Å². The number of hydrogen-bond acceptors (Lipinski definition) is 4. The zero-order valence-electron chi connectivity index (χ0n) is 14.1. The van der Waals surface area contributed by atoms with Crippen LogP contribution in [0, 0.1) is 6.92 Å². The van der Waals surface area contributed by atoms with E-state index in [-0.39, 0.29) is 12.0 Å². The Labute approximate surface area is 142 Å². The molecule has 0 atom stereocenters. The Morgan fingerprint density at radius 3 is 2.62 bits per heavy atom. The van der Waals surface area contributed by atoms with E-state index in [9.17, 15) is 4.79 Å². The van der Waals surface area contributed by atoms with Crippen LogP contribution in [-0.4, -0.2) is 42.1 Å². The minimum absolute atomic E-state index is 0.0456. The highest BCUT2D eigenvalue weighted by Crippen LogP contribution is 2.18. The third-order valence-electron chi connectivity index (χ3n) is 4.14. The normalized spacial score (nSPS) is 14.2. The summed E-state index contributed by atoms with van der Waals surface area (Å²) >= 11 is 0. The minimum Gasteiger partial charge on any atom is -0.497 e. The molecular weight excluding hydrogens is 304 g/mol. The van der Waals surface area contributed by atoms with Crippen molar-refractivity contribution in [3.8, 4) is 11.6 Å². The maximum absolute atomic E-state index is 12.2. The van der Waals surface area contributed by atoms with Crippen LogP contribution in [0.2, 0.25) is 0 Å². The lowest BCUT2D eigenvalue weighted by Gasteiger charge is -2.38. The lowest BCUT2D eigenvalue weighted by Crippen LogP contribution is -2.56. The summed E-state index contributed by atoms with van der Waals surface area (Å²) in [6.45, 7) is 3.21. The van der Waals surface area contributed by atoms with Crippen LogP contribution in [0.1, 0.15) is 17.7 Å². The van der Waals surface area contributed by atoms with Gasteiger partial charge in [-0.3, -0.25) is 4.79 Å². The molecule has 0 spiro atoms. The van der Waals surface area contributed by atoms with E-state index in [1.807, 2.05) is 54.3 Å². The van der Waals surface area contributed by atoms with Crippen molar-refractivity contribution >= 4 is 5.91 Å². The number of rotatable bonds is 6. The van der Waals surface area contributed by atoms with Crippen LogP contribution in [0.5, 0.6) is 11.6 Å². The molecule has 1 aliphatic rings. The van der Waals surface area contributed by atoms with Gasteiger partial charge in [0.2, 0.25) is 11.8 Å². The number of aromatic nitrogens is 1. The van der Waals surface area contributed by atoms with Crippen molar-refractivity contribution in [2.75, 3.05) is 20.2 Å². The zero-order valence-corrected chi connectivity index (χ0v) is 14.1. The van der Waals surface area contributed by atoms with E-state index in [0.717, 1.165) is 23.4 Å². The molecule has 1 aromatic heterocycles. The van der Waals surface area contributed by atoms with Crippen LogP contribution in [-0.2, 0) is 11.2 Å². The Hall–Kier alpha value is -2.56. The summed E-state index contributed by atoms with van der Waals surface area (Å²) in [6, 6.07) is 13.5. The monoisotopic (exact) mass is 326 g/mol. The van der Waals surface area contributed by atoms with Gasteiger partial charge in [-0.1, -0.05) is 18.2 Å². The predicted octanol–water partition coefficient (Wildman–Crippen LogP) is 2.62. The number of carbonyl (C=O) groups is 1. The molecule has 1 saturated heterocycles. The summed E-state index contributed by atoms with van der Waals surface area (Å²) in [5.41, 5.74) is 2.07. The Kier molecular flexibility index (Phi) is 4.99. The maximum atomic E-state index is 12.2. The first-order chi connectivity index (χ1) is 11.6. The standard InChI is InChI=1S/C19H22N2O3/c1-14-4-3-5-18(20-14)24-17-12-21(13-17)19(22)11-8-15-6-9-16(23-2)10-7-15/h3-7,9-10,17H,8,11-13H2,1-2H3. The summed E-state index contributed by atoms with van der Waals surface area (Å²) in [5.74, 6) is 1.63. The molecule has 2 aromatic rings. The first-order valence-electron chi connectivity index (χ1n) is 8.15. The van der Waals surface area contributed by atoms with E-state index >= 15 is 0 Å². The Morgan fingerprint density at radius 1 is 1.21 bits per heavy atom. The molecule has 5 nitrogen and oxygen atoms in total. The number of likely N-dealkylation sites (tertiary alicyclic amines) is 1. The van der Waals surface area contributed by atoms with E-state index in [4.69, 9.17) is 9.47 Å². The van der Waals surface area contributed by atoms with Crippen molar-refractivity contribution in [3.63, 3.8) is 0 Å². The summed E-state index contributed by atoms with van der Waals surface area (Å²) in [4.78, 5) is 18.4. The molecular formula is C19H22N2O3. The first-order valence-corrected chi connectivity index (χ1v) is 8.15. The molecule has 3 rings (SSSR count). The summed E-state index contributed by atoms with van der Waals surface area (Å²) in [7, 11) is 1.65. The smallest absolute Gasteiger partial charge is 0.223 e. The second kappa shape index (κ2) is 7.34. The average molecular weight is 326 g/mol. The van der Waals surface area contributed by atoms with Crippen molar-refractivity contribution in [3.05, 3.63) is 53.7 Å². The van der Waals surface area contributed by atoms with Crippen molar-refractivity contribution < 1.29 is 14.3 Å². The maximum Gasteiger partial charge on any atom is 0.223 e. The molecule has 0 N–H and O–H groups in total. The molecule has 2 heterocycles. The summed E-state index contributed by atoms with van der Waals surface area (Å²) in [6.07, 6.45) is 1.30. The van der Waals surface area contributed by atoms with Gasteiger partial charge in [0.25, 0.3) is 0 Å². The van der Waals surface area contributed by atoms with Gasteiger partial charge in [0, 0.05) is 18.2 Å². The third-order valence-corrected chi connectivity index (χ3v) is 4.14. The second-order valence-corrected chi connectivity index (χ2v) is 6.00. The van der Waals surface area contributed by atoms with Gasteiger partial charge in [-0.15, -0.1) is 0 Å². The topological polar surface area (TPSA) is 51.7 Å². The van der Waals surface area contributed by atoms with Gasteiger partial charge >= 0.3 is 0 Å². The number of ether oxygens (including phenoxy) is 2. The molecule has 1 fully saturated rings. The van der Waals surface area contributed by atoms with E-state index in [1.54, 1.807) is 7.11 Å². The molecule has 1 aromatic carbocycles. The van der Waals surface area contributed by atoms with Gasteiger partial charge in [0.1, 0.15) is 11.9 Å². The van der Waals surface area contributed by atoms with E-state index in [0.29, 0.717) is 25.4 Å². The highest BCUT2D eigenvalue weighted by atomic mass is 16.5. The summed E-state index contributed by atoms with van der Waals surface area (Å²) < 4.78 is 10.9. The van der Waals surface area contributed by atoms with Gasteiger partial charge in [-0.2, -0.15) is 0 Å². The van der Waals surface area contributed by atoms with Gasteiger partial charge in [-0.05, 0) is 37.1 Å². The number of nitrogens with zero attached hydrogens (tertiary/aromatic N) is 2. The number of hydrogen-bond donors (Lipinski definition) is 0. The minimum atomic E-state index is 0.0456. The van der Waals surface area contributed by atoms with Crippen LogP contribution in [0.25, 0.3) is 0 Å². The third kappa shape index (κ3) is 4.04. The molecule has 5 heteroatoms. The highest BCUT2D eigenvalue weighted by molar-refractivity contribution is 5.77. The van der Waals surface area contributed by atoms with Crippen molar-refractivity contribution in [1.29, 1.82) is 0 Å².